The highest BCUT2D eigenvalue weighted by Gasteiger charge is 2.38. The monoisotopic (exact) mass is 497 g/mol. The maximum Gasteiger partial charge on any atom is 0.252 e. The van der Waals surface area contributed by atoms with Crippen LogP contribution in [0.2, 0.25) is 0 Å². The molecule has 0 saturated heterocycles. The lowest BCUT2D eigenvalue weighted by molar-refractivity contribution is -0.122. The van der Waals surface area contributed by atoms with Crippen molar-refractivity contribution in [1.82, 2.24) is 25.1 Å². The highest BCUT2D eigenvalue weighted by molar-refractivity contribution is 7.91. The van der Waals surface area contributed by atoms with Gasteiger partial charge in [0.15, 0.2) is 5.82 Å². The number of hydrogen-bond acceptors (Lipinski definition) is 8. The zero-order valence-corrected chi connectivity index (χ0v) is 20.9. The zero-order valence-electron chi connectivity index (χ0n) is 19.2. The van der Waals surface area contributed by atoms with E-state index >= 15 is 0 Å². The number of aromatic nitrogens is 2. The van der Waals surface area contributed by atoms with E-state index in [1.165, 1.54) is 21.0 Å². The van der Waals surface area contributed by atoms with Crippen LogP contribution in [-0.4, -0.2) is 48.8 Å². The van der Waals surface area contributed by atoms with Gasteiger partial charge in [0.1, 0.15) is 9.75 Å². The standard InChI is InChI=1S/C21H31N5O5S2/c1-15(27)24-21(12-6-4-5-7-13-21)20-23-18(31-25-20)10-9-17(28)22-14-16-8-11-19(32-16)33(29,30)26(2)3/h8,11H,4-7,9-10,12-14H2,1-3H3,(H,22,28)(H,24,27). The molecule has 2 aromatic rings. The third-order valence-corrected chi connectivity index (χ3v) is 9.03. The van der Waals surface area contributed by atoms with Gasteiger partial charge in [-0.15, -0.1) is 11.3 Å². The summed E-state index contributed by atoms with van der Waals surface area (Å²) < 4.78 is 31.1. The normalized spacial score (nSPS) is 16.4. The van der Waals surface area contributed by atoms with Crippen molar-refractivity contribution in [2.45, 2.75) is 74.6 Å². The number of nitrogens with one attached hydrogen (secondary N) is 2. The third kappa shape index (κ3) is 6.39. The van der Waals surface area contributed by atoms with E-state index in [1.807, 2.05) is 0 Å². The summed E-state index contributed by atoms with van der Waals surface area (Å²) in [4.78, 5) is 29.3. The second-order valence-electron chi connectivity index (χ2n) is 8.47. The highest BCUT2D eigenvalue weighted by Crippen LogP contribution is 2.34. The molecule has 1 saturated carbocycles. The Bertz CT molecular complexity index is 1070. The summed E-state index contributed by atoms with van der Waals surface area (Å²) in [6, 6.07) is 3.24. The number of sulfonamides is 1. The Morgan fingerprint density at radius 2 is 1.88 bits per heavy atom. The maximum atomic E-state index is 12.3. The first-order valence-corrected chi connectivity index (χ1v) is 13.3. The fourth-order valence-corrected chi connectivity index (χ4v) is 6.36. The predicted molar refractivity (Wildman–Crippen MR) is 123 cm³/mol. The lowest BCUT2D eigenvalue weighted by atomic mass is 9.89. The molecule has 1 fully saturated rings. The van der Waals surface area contributed by atoms with E-state index in [0.29, 0.717) is 11.7 Å². The van der Waals surface area contributed by atoms with E-state index in [2.05, 4.69) is 20.8 Å². The molecule has 0 aromatic carbocycles. The van der Waals surface area contributed by atoms with Crippen LogP contribution in [0.5, 0.6) is 0 Å². The molecule has 0 bridgehead atoms. The molecule has 12 heteroatoms. The molecule has 0 spiro atoms. The molecule has 2 aromatic heterocycles. The van der Waals surface area contributed by atoms with E-state index < -0.39 is 15.6 Å². The Hall–Kier alpha value is -2.31. The van der Waals surface area contributed by atoms with Crippen LogP contribution >= 0.6 is 11.3 Å². The summed E-state index contributed by atoms with van der Waals surface area (Å²) in [5, 5.41) is 9.96. The predicted octanol–water partition coefficient (Wildman–Crippen LogP) is 2.32. The van der Waals surface area contributed by atoms with Crippen LogP contribution in [0.15, 0.2) is 20.9 Å². The largest absolute Gasteiger partial charge is 0.351 e. The van der Waals surface area contributed by atoms with E-state index in [1.54, 1.807) is 12.1 Å². The van der Waals surface area contributed by atoms with Gasteiger partial charge < -0.3 is 15.2 Å². The van der Waals surface area contributed by atoms with Gasteiger partial charge in [0, 0.05) is 38.7 Å². The lowest BCUT2D eigenvalue weighted by Crippen LogP contribution is -2.45. The van der Waals surface area contributed by atoms with Crippen molar-refractivity contribution in [3.05, 3.63) is 28.7 Å². The molecule has 0 atom stereocenters. The smallest absolute Gasteiger partial charge is 0.252 e. The average molecular weight is 498 g/mol. The first-order chi connectivity index (χ1) is 15.6. The minimum atomic E-state index is -3.48. The molecule has 0 unspecified atom stereocenters. The molecular weight excluding hydrogens is 466 g/mol. The Kier molecular flexibility index (Phi) is 8.24. The zero-order chi connectivity index (χ0) is 24.1. The summed E-state index contributed by atoms with van der Waals surface area (Å²) >= 11 is 1.13. The molecule has 10 nitrogen and oxygen atoms in total. The van der Waals surface area contributed by atoms with E-state index in [4.69, 9.17) is 4.52 Å². The van der Waals surface area contributed by atoms with Crippen molar-refractivity contribution in [3.8, 4) is 0 Å². The third-order valence-electron chi connectivity index (χ3n) is 5.67. The van der Waals surface area contributed by atoms with Gasteiger partial charge in [-0.3, -0.25) is 9.59 Å². The number of aryl methyl sites for hydroxylation is 1. The van der Waals surface area contributed by atoms with Gasteiger partial charge in [-0.1, -0.05) is 30.8 Å². The molecule has 1 aliphatic rings. The number of hydrogen-bond donors (Lipinski definition) is 2. The van der Waals surface area contributed by atoms with Gasteiger partial charge in [-0.25, -0.2) is 12.7 Å². The SMILES string of the molecule is CC(=O)NC1(c2noc(CCC(=O)NCc3ccc(S(=O)(=O)N(C)C)s3)n2)CCCCCC1. The van der Waals surface area contributed by atoms with Gasteiger partial charge in [0.2, 0.25) is 17.7 Å². The Labute approximate surface area is 198 Å². The molecule has 2 N–H and O–H groups in total. The van der Waals surface area contributed by atoms with E-state index in [9.17, 15) is 18.0 Å². The number of rotatable bonds is 9. The first kappa shape index (κ1) is 25.3. The average Bonchev–Trinajstić information content (AvgIpc) is 3.37. The van der Waals surface area contributed by atoms with Crippen LogP contribution in [0.4, 0.5) is 0 Å². The molecule has 0 radical (unpaired) electrons. The van der Waals surface area contributed by atoms with Gasteiger partial charge in [-0.2, -0.15) is 4.98 Å². The van der Waals surface area contributed by atoms with Gasteiger partial charge in [0.05, 0.1) is 6.54 Å². The fraction of sp³-hybridized carbons (Fsp3) is 0.619. The van der Waals surface area contributed by atoms with E-state index in [-0.39, 0.29) is 35.4 Å². The highest BCUT2D eigenvalue weighted by atomic mass is 32.2. The van der Waals surface area contributed by atoms with Crippen LogP contribution < -0.4 is 10.6 Å². The summed E-state index contributed by atoms with van der Waals surface area (Å²) in [7, 11) is -0.519. The van der Waals surface area contributed by atoms with Crippen LogP contribution in [0.3, 0.4) is 0 Å². The fourth-order valence-electron chi connectivity index (χ4n) is 3.89. The molecule has 182 valence electrons. The summed E-state index contributed by atoms with van der Waals surface area (Å²) in [5.41, 5.74) is -0.615. The first-order valence-electron chi connectivity index (χ1n) is 11.0. The molecule has 0 aliphatic heterocycles. The van der Waals surface area contributed by atoms with Crippen molar-refractivity contribution in [2.24, 2.45) is 0 Å². The Morgan fingerprint density at radius 1 is 1.18 bits per heavy atom. The number of nitrogens with zero attached hydrogens (tertiary/aromatic N) is 3. The molecule has 3 rings (SSSR count). The van der Waals surface area contributed by atoms with Crippen LogP contribution in [-0.2, 0) is 38.1 Å². The van der Waals surface area contributed by atoms with Gasteiger partial charge in [-0.05, 0) is 25.0 Å². The van der Waals surface area contributed by atoms with E-state index in [0.717, 1.165) is 59.0 Å². The van der Waals surface area contributed by atoms with Crippen molar-refractivity contribution in [2.75, 3.05) is 14.1 Å². The molecule has 2 amide bonds. The quantitative estimate of drug-likeness (QED) is 0.508. The minimum absolute atomic E-state index is 0.127. The van der Waals surface area contributed by atoms with Crippen LogP contribution in [0.1, 0.15) is 68.5 Å². The van der Waals surface area contributed by atoms with Crippen molar-refractivity contribution in [3.63, 3.8) is 0 Å². The molecule has 1 aliphatic carbocycles. The lowest BCUT2D eigenvalue weighted by Gasteiger charge is -2.30. The molecule has 2 heterocycles. The Morgan fingerprint density at radius 3 is 2.52 bits per heavy atom. The molecular formula is C21H31N5O5S2. The summed E-state index contributed by atoms with van der Waals surface area (Å²) in [5.74, 6) is 0.497. The number of amides is 2. The number of carbonyl (C=O) groups excluding carboxylic acids is 2. The summed E-state index contributed by atoms with van der Waals surface area (Å²) in [6.07, 6.45) is 6.14. The number of thiophene rings is 1. The Balaban J connectivity index is 1.55. The van der Waals surface area contributed by atoms with Crippen molar-refractivity contribution in [1.29, 1.82) is 0 Å². The van der Waals surface area contributed by atoms with Crippen molar-refractivity contribution >= 4 is 33.2 Å². The summed E-state index contributed by atoms with van der Waals surface area (Å²) in [6.45, 7) is 1.73. The van der Waals surface area contributed by atoms with Gasteiger partial charge in [0.25, 0.3) is 10.0 Å². The molecule has 33 heavy (non-hydrogen) atoms. The topological polar surface area (TPSA) is 134 Å². The van der Waals surface area contributed by atoms with Crippen LogP contribution in [0, 0.1) is 0 Å². The van der Waals surface area contributed by atoms with Crippen molar-refractivity contribution < 1.29 is 22.5 Å². The second kappa shape index (κ2) is 10.7. The second-order valence-corrected chi connectivity index (χ2v) is 12.0. The van der Waals surface area contributed by atoms with Crippen LogP contribution in [0.25, 0.3) is 0 Å². The maximum absolute atomic E-state index is 12.3. The van der Waals surface area contributed by atoms with Gasteiger partial charge >= 0.3 is 0 Å². The minimum Gasteiger partial charge on any atom is -0.351 e. The number of carbonyl (C=O) groups is 2.